The molecule has 0 aliphatic carbocycles. The van der Waals surface area contributed by atoms with Crippen molar-refractivity contribution in [2.45, 2.75) is 11.8 Å². The van der Waals surface area contributed by atoms with Crippen molar-refractivity contribution < 1.29 is 0 Å². The third kappa shape index (κ3) is 3.94. The molecule has 5 heteroatoms. The van der Waals surface area contributed by atoms with Crippen LogP contribution in [0.25, 0.3) is 0 Å². The first-order valence-corrected chi connectivity index (χ1v) is 10.4. The Morgan fingerprint density at radius 2 is 1.53 bits per heavy atom. The second kappa shape index (κ2) is 7.21. The summed E-state index contributed by atoms with van der Waals surface area (Å²) >= 11 is 16.3. The molecule has 1 aromatic heterocycles. The predicted octanol–water partition coefficient (Wildman–Crippen LogP) is 6.54. The average Bonchev–Trinajstić information content (AvgIpc) is 2.82. The molecule has 0 aliphatic heterocycles. The van der Waals surface area contributed by atoms with Gasteiger partial charge in [-0.1, -0.05) is 59.9 Å². The molecule has 0 N–H and O–H groups in total. The van der Waals surface area contributed by atoms with Gasteiger partial charge >= 0.3 is 0 Å². The summed E-state index contributed by atoms with van der Waals surface area (Å²) in [6, 6.07) is 13.0. The van der Waals surface area contributed by atoms with E-state index in [1.807, 2.05) is 11.3 Å². The van der Waals surface area contributed by atoms with Gasteiger partial charge in [0, 0.05) is 25.4 Å². The highest BCUT2D eigenvalue weighted by molar-refractivity contribution is 9.11. The van der Waals surface area contributed by atoms with E-state index in [1.165, 1.54) is 14.2 Å². The van der Waals surface area contributed by atoms with Gasteiger partial charge in [0.25, 0.3) is 0 Å². The zero-order chi connectivity index (χ0) is 13.9. The lowest BCUT2D eigenvalue weighted by molar-refractivity contribution is 0.556. The Balaban J connectivity index is 2.33. The van der Waals surface area contributed by atoms with E-state index in [2.05, 4.69) is 100 Å². The van der Waals surface area contributed by atoms with Gasteiger partial charge in [-0.15, -0.1) is 11.3 Å². The van der Waals surface area contributed by atoms with E-state index in [0.29, 0.717) is 0 Å². The molecule has 0 fully saturated rings. The van der Waals surface area contributed by atoms with Crippen LogP contribution in [0, 0.1) is 0 Å². The number of alkyl halides is 2. The smallest absolute Gasteiger partial charge is 0.0701 e. The Hall–Kier alpha value is 0.840. The van der Waals surface area contributed by atoms with Crippen LogP contribution in [0.2, 0.25) is 0 Å². The minimum atomic E-state index is 0.0883. The number of rotatable bonds is 5. The van der Waals surface area contributed by atoms with Gasteiger partial charge in [0.2, 0.25) is 0 Å². The van der Waals surface area contributed by atoms with Crippen molar-refractivity contribution in [3.63, 3.8) is 0 Å². The molecule has 0 amide bonds. The van der Waals surface area contributed by atoms with Gasteiger partial charge in [0.15, 0.2) is 0 Å². The van der Waals surface area contributed by atoms with Crippen molar-refractivity contribution in [2.24, 2.45) is 0 Å². The third-order valence-electron chi connectivity index (χ3n) is 3.11. The van der Waals surface area contributed by atoms with Crippen LogP contribution in [0.4, 0.5) is 0 Å². The van der Waals surface area contributed by atoms with Gasteiger partial charge < -0.3 is 0 Å². The second-order valence-corrected chi connectivity index (χ2v) is 9.02. The Morgan fingerprint density at radius 3 is 2.00 bits per heavy atom. The molecule has 0 unspecified atom stereocenters. The van der Waals surface area contributed by atoms with E-state index < -0.39 is 0 Å². The van der Waals surface area contributed by atoms with Crippen molar-refractivity contribution in [3.8, 4) is 0 Å². The molecule has 1 aromatic carbocycles. The van der Waals surface area contributed by atoms with Crippen LogP contribution in [0.1, 0.15) is 10.4 Å². The van der Waals surface area contributed by atoms with Gasteiger partial charge in [0.05, 0.1) is 3.79 Å². The van der Waals surface area contributed by atoms with E-state index in [0.717, 1.165) is 21.6 Å². The number of halogens is 4. The number of hydrogen-bond acceptors (Lipinski definition) is 1. The second-order valence-electron chi connectivity index (χ2n) is 4.44. The van der Waals surface area contributed by atoms with Crippen molar-refractivity contribution in [3.05, 3.63) is 55.1 Å². The summed E-state index contributed by atoms with van der Waals surface area (Å²) in [5.41, 5.74) is 1.44. The maximum Gasteiger partial charge on any atom is 0.0701 e. The van der Waals surface area contributed by atoms with Crippen LogP contribution in [-0.2, 0) is 11.8 Å². The molecule has 0 saturated carbocycles. The zero-order valence-corrected chi connectivity index (χ0v) is 17.2. The number of thiophene rings is 1. The summed E-state index contributed by atoms with van der Waals surface area (Å²) < 4.78 is 2.31. The first kappa shape index (κ1) is 16.2. The fraction of sp³-hybridized carbons (Fsp3) is 0.286. The Labute approximate surface area is 151 Å². The standard InChI is InChI=1S/C14H12Br4S/c15-8-14(9-16,7-12-5-6-13(18)19-12)10-1-3-11(17)4-2-10/h1-6H,7-9H2. The van der Waals surface area contributed by atoms with Gasteiger partial charge in [-0.3, -0.25) is 0 Å². The van der Waals surface area contributed by atoms with Crippen molar-refractivity contribution in [1.82, 2.24) is 0 Å². The molecule has 0 bridgehead atoms. The normalized spacial score (nSPS) is 11.8. The predicted molar refractivity (Wildman–Crippen MR) is 99.1 cm³/mol. The fourth-order valence-electron chi connectivity index (χ4n) is 1.97. The number of benzene rings is 1. The fourth-order valence-corrected chi connectivity index (χ4v) is 5.83. The SMILES string of the molecule is BrCC(CBr)(Cc1ccc(Br)s1)c1ccc(Br)cc1. The summed E-state index contributed by atoms with van der Waals surface area (Å²) in [6.07, 6.45) is 1.03. The highest BCUT2D eigenvalue weighted by atomic mass is 79.9. The lowest BCUT2D eigenvalue weighted by Gasteiger charge is -2.30. The molecule has 0 radical (unpaired) electrons. The molecule has 102 valence electrons. The molecule has 0 aliphatic rings. The van der Waals surface area contributed by atoms with Gasteiger partial charge in [0.1, 0.15) is 0 Å². The van der Waals surface area contributed by atoms with Gasteiger partial charge in [-0.2, -0.15) is 0 Å². The summed E-state index contributed by atoms with van der Waals surface area (Å²) in [5.74, 6) is 0. The lowest BCUT2D eigenvalue weighted by Crippen LogP contribution is -2.32. The quantitative estimate of drug-likeness (QED) is 0.384. The first-order chi connectivity index (χ1) is 9.09. The Kier molecular flexibility index (Phi) is 6.15. The van der Waals surface area contributed by atoms with E-state index in [-0.39, 0.29) is 5.41 Å². The molecule has 2 rings (SSSR count). The molecular formula is C14H12Br4S. The van der Waals surface area contributed by atoms with E-state index in [1.54, 1.807) is 0 Å². The van der Waals surface area contributed by atoms with Crippen LogP contribution < -0.4 is 0 Å². The summed E-state index contributed by atoms with van der Waals surface area (Å²) in [6.45, 7) is 0. The summed E-state index contributed by atoms with van der Waals surface area (Å²) in [4.78, 5) is 1.40. The average molecular weight is 532 g/mol. The lowest BCUT2D eigenvalue weighted by atomic mass is 9.81. The van der Waals surface area contributed by atoms with Crippen LogP contribution in [0.15, 0.2) is 44.7 Å². The summed E-state index contributed by atoms with van der Waals surface area (Å²) in [7, 11) is 0. The van der Waals surface area contributed by atoms with Crippen molar-refractivity contribution in [1.29, 1.82) is 0 Å². The van der Waals surface area contributed by atoms with Crippen LogP contribution in [0.3, 0.4) is 0 Å². The van der Waals surface area contributed by atoms with E-state index in [9.17, 15) is 0 Å². The molecule has 0 saturated heterocycles. The maximum atomic E-state index is 3.70. The zero-order valence-electron chi connectivity index (χ0n) is 10.0. The molecule has 2 aromatic rings. The molecule has 0 nitrogen and oxygen atoms in total. The Morgan fingerprint density at radius 1 is 0.895 bits per heavy atom. The topological polar surface area (TPSA) is 0 Å². The van der Waals surface area contributed by atoms with Crippen LogP contribution in [0.5, 0.6) is 0 Å². The summed E-state index contributed by atoms with van der Waals surface area (Å²) in [5, 5.41) is 1.87. The maximum absolute atomic E-state index is 3.70. The molecule has 19 heavy (non-hydrogen) atoms. The van der Waals surface area contributed by atoms with E-state index in [4.69, 9.17) is 0 Å². The van der Waals surface area contributed by atoms with Gasteiger partial charge in [-0.25, -0.2) is 0 Å². The molecule has 0 spiro atoms. The highest BCUT2D eigenvalue weighted by Gasteiger charge is 2.31. The molecule has 0 atom stereocenters. The highest BCUT2D eigenvalue weighted by Crippen LogP contribution is 2.36. The van der Waals surface area contributed by atoms with Crippen LogP contribution >= 0.6 is 75.1 Å². The number of hydrogen-bond donors (Lipinski definition) is 0. The third-order valence-corrected chi connectivity index (χ3v) is 7.41. The first-order valence-electron chi connectivity index (χ1n) is 5.72. The Bertz CT molecular complexity index is 529. The molecular weight excluding hydrogens is 520 g/mol. The van der Waals surface area contributed by atoms with Crippen molar-refractivity contribution >= 4 is 75.1 Å². The van der Waals surface area contributed by atoms with E-state index >= 15 is 0 Å². The van der Waals surface area contributed by atoms with Crippen LogP contribution in [-0.4, -0.2) is 10.7 Å². The monoisotopic (exact) mass is 528 g/mol. The molecule has 1 heterocycles. The minimum Gasteiger partial charge on any atom is -0.133 e. The minimum absolute atomic E-state index is 0.0883. The van der Waals surface area contributed by atoms with Gasteiger partial charge in [-0.05, 0) is 52.2 Å². The van der Waals surface area contributed by atoms with Crippen molar-refractivity contribution in [2.75, 3.05) is 10.7 Å². The largest absolute Gasteiger partial charge is 0.133 e.